The summed E-state index contributed by atoms with van der Waals surface area (Å²) >= 11 is 6.13. The predicted molar refractivity (Wildman–Crippen MR) is 130 cm³/mol. The summed E-state index contributed by atoms with van der Waals surface area (Å²) in [5.74, 6) is 0.212. The standard InChI is InChI=1S/C25H30ClN3O5/c1-16(2)22(27-23(30)18-7-5-6-8-19(18)26)25(32)29-13-11-28(12-14-29)24(31)17-9-10-20(33-3)21(15-17)34-4/h5-10,15-16,22H,11-14H2,1-4H3,(H,27,30). The Labute approximate surface area is 204 Å². The highest BCUT2D eigenvalue weighted by Crippen LogP contribution is 2.28. The van der Waals surface area contributed by atoms with Gasteiger partial charge in [0, 0.05) is 31.7 Å². The van der Waals surface area contributed by atoms with Crippen LogP contribution in [0.3, 0.4) is 0 Å². The lowest BCUT2D eigenvalue weighted by atomic mass is 10.0. The smallest absolute Gasteiger partial charge is 0.254 e. The molecule has 0 aliphatic carbocycles. The van der Waals surface area contributed by atoms with Gasteiger partial charge >= 0.3 is 0 Å². The number of carbonyl (C=O) groups is 3. The van der Waals surface area contributed by atoms with E-state index in [1.807, 2.05) is 13.8 Å². The number of benzene rings is 2. The van der Waals surface area contributed by atoms with Crippen LogP contribution in [0.25, 0.3) is 0 Å². The molecular formula is C25H30ClN3O5. The Morgan fingerprint density at radius 1 is 0.912 bits per heavy atom. The Balaban J connectivity index is 1.64. The van der Waals surface area contributed by atoms with E-state index >= 15 is 0 Å². The summed E-state index contributed by atoms with van der Waals surface area (Å²) in [6.07, 6.45) is 0. The highest BCUT2D eigenvalue weighted by atomic mass is 35.5. The van der Waals surface area contributed by atoms with Crippen molar-refractivity contribution in [3.8, 4) is 11.5 Å². The van der Waals surface area contributed by atoms with Crippen LogP contribution in [0.1, 0.15) is 34.6 Å². The molecule has 0 radical (unpaired) electrons. The van der Waals surface area contributed by atoms with Gasteiger partial charge in [-0.1, -0.05) is 37.6 Å². The Kier molecular flexibility index (Phi) is 8.39. The molecule has 0 aromatic heterocycles. The zero-order valence-corrected chi connectivity index (χ0v) is 20.6. The number of hydrogen-bond donors (Lipinski definition) is 1. The first-order valence-electron chi connectivity index (χ1n) is 11.1. The number of methoxy groups -OCH3 is 2. The van der Waals surface area contributed by atoms with Crippen molar-refractivity contribution in [1.82, 2.24) is 15.1 Å². The van der Waals surface area contributed by atoms with Crippen LogP contribution in [-0.2, 0) is 4.79 Å². The molecule has 1 saturated heterocycles. The Morgan fingerprint density at radius 2 is 1.53 bits per heavy atom. The molecule has 1 atom stereocenters. The van der Waals surface area contributed by atoms with Gasteiger partial charge in [0.15, 0.2) is 11.5 Å². The normalized spacial score (nSPS) is 14.5. The summed E-state index contributed by atoms with van der Waals surface area (Å²) in [6, 6.07) is 11.1. The minimum absolute atomic E-state index is 0.120. The van der Waals surface area contributed by atoms with Crippen LogP contribution in [0.5, 0.6) is 11.5 Å². The number of nitrogens with zero attached hydrogens (tertiary/aromatic N) is 2. The first-order chi connectivity index (χ1) is 16.3. The first-order valence-corrected chi connectivity index (χ1v) is 11.5. The fourth-order valence-corrected chi connectivity index (χ4v) is 4.08. The van der Waals surface area contributed by atoms with E-state index in [1.54, 1.807) is 52.3 Å². The molecule has 1 N–H and O–H groups in total. The third-order valence-corrected chi connectivity index (χ3v) is 6.18. The maximum absolute atomic E-state index is 13.2. The van der Waals surface area contributed by atoms with Crippen molar-refractivity contribution in [3.63, 3.8) is 0 Å². The monoisotopic (exact) mass is 487 g/mol. The molecule has 3 rings (SSSR count). The maximum atomic E-state index is 13.2. The summed E-state index contributed by atoms with van der Waals surface area (Å²) in [4.78, 5) is 42.3. The van der Waals surface area contributed by atoms with Gasteiger partial charge in [-0.25, -0.2) is 0 Å². The lowest BCUT2D eigenvalue weighted by Gasteiger charge is -2.37. The van der Waals surface area contributed by atoms with E-state index in [0.29, 0.717) is 53.8 Å². The zero-order valence-electron chi connectivity index (χ0n) is 19.8. The van der Waals surface area contributed by atoms with E-state index in [4.69, 9.17) is 21.1 Å². The van der Waals surface area contributed by atoms with Gasteiger partial charge in [0.1, 0.15) is 6.04 Å². The Bertz CT molecular complexity index is 1050. The van der Waals surface area contributed by atoms with E-state index in [0.717, 1.165) is 0 Å². The van der Waals surface area contributed by atoms with Gasteiger partial charge in [-0.05, 0) is 36.2 Å². The van der Waals surface area contributed by atoms with Crippen LogP contribution in [0, 0.1) is 5.92 Å². The topological polar surface area (TPSA) is 88.2 Å². The number of amides is 3. The van der Waals surface area contributed by atoms with E-state index in [-0.39, 0.29) is 23.6 Å². The van der Waals surface area contributed by atoms with Crippen LogP contribution >= 0.6 is 11.6 Å². The van der Waals surface area contributed by atoms with Crippen molar-refractivity contribution in [3.05, 3.63) is 58.6 Å². The van der Waals surface area contributed by atoms with E-state index < -0.39 is 6.04 Å². The fourth-order valence-electron chi connectivity index (χ4n) is 3.86. The molecular weight excluding hydrogens is 458 g/mol. The third kappa shape index (κ3) is 5.62. The largest absolute Gasteiger partial charge is 0.493 e. The summed E-state index contributed by atoms with van der Waals surface area (Å²) in [5, 5.41) is 3.16. The molecule has 0 bridgehead atoms. The van der Waals surface area contributed by atoms with E-state index in [1.165, 1.54) is 14.2 Å². The number of rotatable bonds is 7. The van der Waals surface area contributed by atoms with Gasteiger partial charge in [0.2, 0.25) is 5.91 Å². The van der Waals surface area contributed by atoms with Crippen molar-refractivity contribution in [1.29, 1.82) is 0 Å². The molecule has 34 heavy (non-hydrogen) atoms. The van der Waals surface area contributed by atoms with E-state index in [2.05, 4.69) is 5.32 Å². The minimum atomic E-state index is -0.697. The molecule has 2 aromatic carbocycles. The second kappa shape index (κ2) is 11.2. The summed E-state index contributed by atoms with van der Waals surface area (Å²) < 4.78 is 10.5. The van der Waals surface area contributed by atoms with Gasteiger partial charge in [-0.15, -0.1) is 0 Å². The van der Waals surface area contributed by atoms with Crippen LogP contribution in [0.2, 0.25) is 5.02 Å². The van der Waals surface area contributed by atoms with E-state index in [9.17, 15) is 14.4 Å². The molecule has 8 nitrogen and oxygen atoms in total. The number of piperazine rings is 1. The van der Waals surface area contributed by atoms with Gasteiger partial charge in [-0.3, -0.25) is 14.4 Å². The number of hydrogen-bond acceptors (Lipinski definition) is 5. The van der Waals surface area contributed by atoms with Gasteiger partial charge in [-0.2, -0.15) is 0 Å². The third-order valence-electron chi connectivity index (χ3n) is 5.85. The summed E-state index contributed by atoms with van der Waals surface area (Å²) in [6.45, 7) is 5.30. The molecule has 2 aromatic rings. The molecule has 3 amide bonds. The lowest BCUT2D eigenvalue weighted by molar-refractivity contribution is -0.135. The fraction of sp³-hybridized carbons (Fsp3) is 0.400. The second-order valence-electron chi connectivity index (χ2n) is 8.36. The zero-order chi connectivity index (χ0) is 24.8. The number of nitrogens with one attached hydrogen (secondary N) is 1. The highest BCUT2D eigenvalue weighted by Gasteiger charge is 2.32. The molecule has 1 unspecified atom stereocenters. The predicted octanol–water partition coefficient (Wildman–Crippen LogP) is 3.10. The van der Waals surface area contributed by atoms with Crippen molar-refractivity contribution in [2.45, 2.75) is 19.9 Å². The van der Waals surface area contributed by atoms with Gasteiger partial charge in [0.25, 0.3) is 11.8 Å². The van der Waals surface area contributed by atoms with Crippen LogP contribution in [0.15, 0.2) is 42.5 Å². The molecule has 9 heteroatoms. The average Bonchev–Trinajstić information content (AvgIpc) is 2.86. The molecule has 1 heterocycles. The van der Waals surface area contributed by atoms with Crippen molar-refractivity contribution in [2.24, 2.45) is 5.92 Å². The average molecular weight is 488 g/mol. The SMILES string of the molecule is COc1ccc(C(=O)N2CCN(C(=O)C(NC(=O)c3ccccc3Cl)C(C)C)CC2)cc1OC. The van der Waals surface area contributed by atoms with Crippen LogP contribution in [0.4, 0.5) is 0 Å². The first kappa shape index (κ1) is 25.4. The molecule has 182 valence electrons. The van der Waals surface area contributed by atoms with Crippen molar-refractivity contribution >= 4 is 29.3 Å². The molecule has 0 spiro atoms. The quantitative estimate of drug-likeness (QED) is 0.648. The lowest BCUT2D eigenvalue weighted by Crippen LogP contribution is -2.57. The maximum Gasteiger partial charge on any atom is 0.254 e. The molecule has 1 aliphatic rings. The Morgan fingerprint density at radius 3 is 2.12 bits per heavy atom. The number of halogens is 1. The molecule has 0 saturated carbocycles. The van der Waals surface area contributed by atoms with Crippen molar-refractivity contribution < 1.29 is 23.9 Å². The van der Waals surface area contributed by atoms with Gasteiger partial charge in [0.05, 0.1) is 24.8 Å². The Hall–Kier alpha value is -3.26. The van der Waals surface area contributed by atoms with Crippen molar-refractivity contribution in [2.75, 3.05) is 40.4 Å². The highest BCUT2D eigenvalue weighted by molar-refractivity contribution is 6.33. The number of carbonyl (C=O) groups excluding carboxylic acids is 3. The second-order valence-corrected chi connectivity index (χ2v) is 8.77. The van der Waals surface area contributed by atoms with Crippen LogP contribution < -0.4 is 14.8 Å². The van der Waals surface area contributed by atoms with Crippen LogP contribution in [-0.4, -0.2) is 74.0 Å². The summed E-state index contributed by atoms with van der Waals surface area (Å²) in [5.41, 5.74) is 0.817. The molecule has 1 aliphatic heterocycles. The number of ether oxygens (including phenoxy) is 2. The summed E-state index contributed by atoms with van der Waals surface area (Å²) in [7, 11) is 3.06. The minimum Gasteiger partial charge on any atom is -0.493 e. The van der Waals surface area contributed by atoms with Gasteiger partial charge < -0.3 is 24.6 Å². The molecule has 1 fully saturated rings.